The van der Waals surface area contributed by atoms with Crippen LogP contribution >= 0.6 is 12.2 Å². The number of hydrogen-bond donors (Lipinski definition) is 1. The van der Waals surface area contributed by atoms with Gasteiger partial charge in [0.25, 0.3) is 0 Å². The lowest BCUT2D eigenvalue weighted by Gasteiger charge is -2.20. The number of nitrogens with two attached hydrogens (primary N) is 1. The molecule has 0 aliphatic rings. The van der Waals surface area contributed by atoms with Crippen molar-refractivity contribution in [3.8, 4) is 6.07 Å². The molecule has 18 heavy (non-hydrogen) atoms. The maximum atomic E-state index is 8.88. The lowest BCUT2D eigenvalue weighted by Crippen LogP contribution is -2.21. The van der Waals surface area contributed by atoms with Gasteiger partial charge < -0.3 is 10.6 Å². The molecule has 0 radical (unpaired) electrons. The van der Waals surface area contributed by atoms with E-state index >= 15 is 0 Å². The molecule has 0 spiro atoms. The predicted molar refractivity (Wildman–Crippen MR) is 80.4 cm³/mol. The second-order valence-corrected chi connectivity index (χ2v) is 4.24. The van der Waals surface area contributed by atoms with E-state index < -0.39 is 0 Å². The van der Waals surface area contributed by atoms with E-state index in [4.69, 9.17) is 23.2 Å². The van der Waals surface area contributed by atoms with Crippen molar-refractivity contribution in [3.05, 3.63) is 35.4 Å². The van der Waals surface area contributed by atoms with Gasteiger partial charge in [-0.25, -0.2) is 0 Å². The Bertz CT molecular complexity index is 479. The summed E-state index contributed by atoms with van der Waals surface area (Å²) in [5.74, 6) is 0. The third-order valence-electron chi connectivity index (χ3n) is 2.72. The second-order valence-electron chi connectivity index (χ2n) is 3.80. The van der Waals surface area contributed by atoms with Crippen LogP contribution in [0.2, 0.25) is 0 Å². The predicted octanol–water partition coefficient (Wildman–Crippen LogP) is 2.73. The maximum absolute atomic E-state index is 8.88. The number of rotatable bonds is 5. The number of anilines is 1. The molecule has 2 N–H and O–H groups in total. The first-order valence-electron chi connectivity index (χ1n) is 5.89. The molecule has 0 aromatic heterocycles. The Morgan fingerprint density at radius 2 is 1.89 bits per heavy atom. The highest BCUT2D eigenvalue weighted by Gasteiger charge is 2.02. The number of nitriles is 1. The van der Waals surface area contributed by atoms with Crippen LogP contribution in [0.1, 0.15) is 19.4 Å². The molecule has 0 unspecified atom stereocenters. The fourth-order valence-electron chi connectivity index (χ4n) is 1.70. The topological polar surface area (TPSA) is 53.0 Å². The first-order chi connectivity index (χ1) is 8.62. The molecule has 0 atom stereocenters. The van der Waals surface area contributed by atoms with Crippen LogP contribution in [0.25, 0.3) is 6.08 Å². The van der Waals surface area contributed by atoms with Gasteiger partial charge in [0.05, 0.1) is 5.57 Å². The monoisotopic (exact) mass is 259 g/mol. The van der Waals surface area contributed by atoms with Crippen molar-refractivity contribution >= 4 is 29.0 Å². The van der Waals surface area contributed by atoms with E-state index in [1.165, 1.54) is 5.69 Å². The third kappa shape index (κ3) is 3.57. The number of thiocarbonyl (C=S) groups is 1. The molecule has 0 saturated carbocycles. The minimum atomic E-state index is 0.130. The van der Waals surface area contributed by atoms with Crippen molar-refractivity contribution in [2.75, 3.05) is 18.0 Å². The lowest BCUT2D eigenvalue weighted by atomic mass is 10.1. The molecule has 1 aromatic carbocycles. The van der Waals surface area contributed by atoms with Gasteiger partial charge in [-0.05, 0) is 37.6 Å². The van der Waals surface area contributed by atoms with Crippen LogP contribution in [-0.4, -0.2) is 18.1 Å². The first-order valence-corrected chi connectivity index (χ1v) is 6.29. The summed E-state index contributed by atoms with van der Waals surface area (Å²) in [5.41, 5.74) is 7.88. The highest BCUT2D eigenvalue weighted by molar-refractivity contribution is 7.80. The summed E-state index contributed by atoms with van der Waals surface area (Å²) >= 11 is 4.80. The van der Waals surface area contributed by atoms with Gasteiger partial charge in [0.1, 0.15) is 11.1 Å². The normalized spacial score (nSPS) is 10.8. The molecule has 0 aliphatic carbocycles. The van der Waals surface area contributed by atoms with Crippen molar-refractivity contribution in [1.82, 2.24) is 0 Å². The molecule has 0 aliphatic heterocycles. The van der Waals surface area contributed by atoms with Gasteiger partial charge in [-0.2, -0.15) is 5.26 Å². The van der Waals surface area contributed by atoms with Crippen molar-refractivity contribution in [2.24, 2.45) is 5.73 Å². The van der Waals surface area contributed by atoms with Crippen LogP contribution < -0.4 is 10.6 Å². The van der Waals surface area contributed by atoms with Crippen molar-refractivity contribution in [1.29, 1.82) is 5.26 Å². The van der Waals surface area contributed by atoms with Crippen LogP contribution in [0.5, 0.6) is 0 Å². The molecule has 0 saturated heterocycles. The average Bonchev–Trinajstić information content (AvgIpc) is 2.38. The Labute approximate surface area is 114 Å². The lowest BCUT2D eigenvalue weighted by molar-refractivity contribution is 0.866. The van der Waals surface area contributed by atoms with Crippen molar-refractivity contribution in [3.63, 3.8) is 0 Å². The summed E-state index contributed by atoms with van der Waals surface area (Å²) in [4.78, 5) is 2.39. The fourth-order valence-corrected chi connectivity index (χ4v) is 1.80. The summed E-state index contributed by atoms with van der Waals surface area (Å²) in [6.45, 7) is 6.19. The molecule has 3 nitrogen and oxygen atoms in total. The molecule has 94 valence electrons. The molecular weight excluding hydrogens is 242 g/mol. The van der Waals surface area contributed by atoms with Crippen LogP contribution in [-0.2, 0) is 0 Å². The van der Waals surface area contributed by atoms with E-state index in [0.717, 1.165) is 18.7 Å². The first kappa shape index (κ1) is 14.2. The summed E-state index contributed by atoms with van der Waals surface area (Å²) in [5, 5.41) is 8.88. The molecule has 1 aromatic rings. The van der Waals surface area contributed by atoms with Gasteiger partial charge in [-0.15, -0.1) is 0 Å². The molecule has 1 rings (SSSR count). The number of nitrogens with zero attached hydrogens (tertiary/aromatic N) is 2. The van der Waals surface area contributed by atoms with Crippen LogP contribution in [0, 0.1) is 11.3 Å². The van der Waals surface area contributed by atoms with E-state index in [1.807, 2.05) is 30.3 Å². The molecule has 0 fully saturated rings. The SMILES string of the molecule is CCN(CC)c1ccc(/C=C(\C#N)C(N)=S)cc1. The fraction of sp³-hybridized carbons (Fsp3) is 0.286. The zero-order valence-electron chi connectivity index (χ0n) is 10.7. The Morgan fingerprint density at radius 3 is 2.28 bits per heavy atom. The highest BCUT2D eigenvalue weighted by Crippen LogP contribution is 2.16. The largest absolute Gasteiger partial charge is 0.389 e. The minimum absolute atomic E-state index is 0.130. The zero-order chi connectivity index (χ0) is 13.5. The molecule has 0 heterocycles. The van der Waals surface area contributed by atoms with Crippen LogP contribution in [0.15, 0.2) is 29.8 Å². The third-order valence-corrected chi connectivity index (χ3v) is 2.94. The van der Waals surface area contributed by atoms with Gasteiger partial charge in [0.15, 0.2) is 0 Å². The van der Waals surface area contributed by atoms with Gasteiger partial charge in [0.2, 0.25) is 0 Å². The summed E-state index contributed by atoms with van der Waals surface area (Å²) in [6, 6.07) is 9.99. The highest BCUT2D eigenvalue weighted by atomic mass is 32.1. The van der Waals surface area contributed by atoms with Crippen molar-refractivity contribution in [2.45, 2.75) is 13.8 Å². The standard InChI is InChI=1S/C14H17N3S/c1-3-17(4-2)13-7-5-11(6-8-13)9-12(10-15)14(16)18/h5-9H,3-4H2,1-2H3,(H2,16,18)/b12-9+. The summed E-state index contributed by atoms with van der Waals surface area (Å²) < 4.78 is 0. The maximum Gasteiger partial charge on any atom is 0.114 e. The zero-order valence-corrected chi connectivity index (χ0v) is 11.5. The van der Waals surface area contributed by atoms with Crippen LogP contribution in [0.3, 0.4) is 0 Å². The van der Waals surface area contributed by atoms with E-state index in [1.54, 1.807) is 6.08 Å². The van der Waals surface area contributed by atoms with E-state index in [-0.39, 0.29) is 4.99 Å². The molecule has 0 amide bonds. The van der Waals surface area contributed by atoms with Gasteiger partial charge in [0, 0.05) is 18.8 Å². The van der Waals surface area contributed by atoms with E-state index in [9.17, 15) is 0 Å². The Morgan fingerprint density at radius 1 is 1.33 bits per heavy atom. The van der Waals surface area contributed by atoms with E-state index in [0.29, 0.717) is 5.57 Å². The van der Waals surface area contributed by atoms with Gasteiger partial charge in [-0.3, -0.25) is 0 Å². The van der Waals surface area contributed by atoms with Gasteiger partial charge >= 0.3 is 0 Å². The Balaban J connectivity index is 2.97. The average molecular weight is 259 g/mol. The summed E-state index contributed by atoms with van der Waals surface area (Å²) in [7, 11) is 0. The Hall–Kier alpha value is -1.86. The Kier molecular flexibility index (Phi) is 5.34. The quantitative estimate of drug-likeness (QED) is 0.502. The van der Waals surface area contributed by atoms with Crippen molar-refractivity contribution < 1.29 is 0 Å². The minimum Gasteiger partial charge on any atom is -0.389 e. The van der Waals surface area contributed by atoms with Gasteiger partial charge in [-0.1, -0.05) is 24.4 Å². The summed E-state index contributed by atoms with van der Waals surface area (Å²) in [6.07, 6.45) is 1.70. The smallest absolute Gasteiger partial charge is 0.114 e. The second kappa shape index (κ2) is 6.77. The van der Waals surface area contributed by atoms with Crippen LogP contribution in [0.4, 0.5) is 5.69 Å². The molecular formula is C14H17N3S. The van der Waals surface area contributed by atoms with E-state index in [2.05, 4.69) is 18.7 Å². The number of benzene rings is 1. The molecule has 4 heteroatoms. The number of hydrogen-bond acceptors (Lipinski definition) is 3. The molecule has 0 bridgehead atoms.